The van der Waals surface area contributed by atoms with Crippen molar-refractivity contribution in [2.45, 2.75) is 96.9 Å². The summed E-state index contributed by atoms with van der Waals surface area (Å²) >= 11 is 0. The minimum absolute atomic E-state index is 0.222. The number of imidazole rings is 1. The lowest BCUT2D eigenvalue weighted by molar-refractivity contribution is -0.131. The average molecular weight is 319 g/mol. The van der Waals surface area contributed by atoms with E-state index in [1.165, 1.54) is 44.9 Å². The molecule has 23 heavy (non-hydrogen) atoms. The minimum Gasteiger partial charge on any atom is -0.322 e. The lowest BCUT2D eigenvalue weighted by atomic mass is 9.81. The van der Waals surface area contributed by atoms with Crippen LogP contribution in [0, 0.1) is 5.92 Å². The van der Waals surface area contributed by atoms with Crippen molar-refractivity contribution in [2.24, 2.45) is 5.92 Å². The molecule has 0 saturated heterocycles. The smallest absolute Gasteiger partial charge is 0.161 e. The van der Waals surface area contributed by atoms with Crippen LogP contribution in [0.3, 0.4) is 0 Å². The maximum Gasteiger partial charge on any atom is 0.161 e. The quantitative estimate of drug-likeness (QED) is 0.740. The zero-order chi connectivity index (χ0) is 16.7. The Bertz CT molecular complexity index is 480. The highest BCUT2D eigenvalue weighted by molar-refractivity contribution is 5.88. The van der Waals surface area contributed by atoms with E-state index in [0.717, 1.165) is 31.5 Å². The molecule has 3 nitrogen and oxygen atoms in total. The molecule has 0 N–H and O–H groups in total. The van der Waals surface area contributed by atoms with Crippen LogP contribution in [-0.2, 0) is 16.8 Å². The summed E-state index contributed by atoms with van der Waals surface area (Å²) in [5, 5.41) is 0. The van der Waals surface area contributed by atoms with Crippen molar-refractivity contribution < 1.29 is 4.79 Å². The zero-order valence-corrected chi connectivity index (χ0v) is 15.3. The molecule has 1 fully saturated rings. The lowest BCUT2D eigenvalue weighted by Crippen LogP contribution is -2.41. The van der Waals surface area contributed by atoms with E-state index < -0.39 is 5.54 Å². The van der Waals surface area contributed by atoms with Gasteiger partial charge in [0, 0.05) is 24.7 Å². The maximum atomic E-state index is 13.3. The second-order valence-electron chi connectivity index (χ2n) is 7.64. The predicted octanol–water partition coefficient (Wildman–Crippen LogP) is 5.28. The molecular weight excluding hydrogens is 284 g/mol. The van der Waals surface area contributed by atoms with Gasteiger partial charge in [-0.1, -0.05) is 51.9 Å². The van der Waals surface area contributed by atoms with E-state index in [1.807, 2.05) is 12.4 Å². The Morgan fingerprint density at radius 1 is 1.13 bits per heavy atom. The summed E-state index contributed by atoms with van der Waals surface area (Å²) < 4.78 is 2.12. The Hall–Kier alpha value is -1.12. The van der Waals surface area contributed by atoms with E-state index in [2.05, 4.69) is 30.3 Å². The van der Waals surface area contributed by atoms with Crippen LogP contribution >= 0.6 is 0 Å². The van der Waals surface area contributed by atoms with Gasteiger partial charge in [-0.2, -0.15) is 0 Å². The van der Waals surface area contributed by atoms with Gasteiger partial charge in [0.05, 0.1) is 5.54 Å². The highest BCUT2D eigenvalue weighted by Gasteiger charge is 2.35. The number of hydrogen-bond acceptors (Lipinski definition) is 2. The van der Waals surface area contributed by atoms with E-state index in [9.17, 15) is 4.79 Å². The summed E-state index contributed by atoms with van der Waals surface area (Å²) in [5.74, 6) is 1.68. The largest absolute Gasteiger partial charge is 0.322 e. The highest BCUT2D eigenvalue weighted by Crippen LogP contribution is 2.30. The number of aromatic nitrogens is 2. The van der Waals surface area contributed by atoms with Crippen LogP contribution in [0.5, 0.6) is 0 Å². The minimum atomic E-state index is -0.476. The van der Waals surface area contributed by atoms with Gasteiger partial charge in [0.2, 0.25) is 0 Å². The molecule has 130 valence electrons. The van der Waals surface area contributed by atoms with E-state index in [-0.39, 0.29) is 5.92 Å². The van der Waals surface area contributed by atoms with Crippen molar-refractivity contribution in [3.05, 3.63) is 18.2 Å². The number of nitrogens with zero attached hydrogens (tertiary/aromatic N) is 2. The molecule has 0 unspecified atom stereocenters. The van der Waals surface area contributed by atoms with E-state index >= 15 is 0 Å². The van der Waals surface area contributed by atoms with Crippen LogP contribution in [-0.4, -0.2) is 15.3 Å². The summed E-state index contributed by atoms with van der Waals surface area (Å²) in [6.07, 6.45) is 17.0. The van der Waals surface area contributed by atoms with Crippen LogP contribution in [0.25, 0.3) is 0 Å². The van der Waals surface area contributed by atoms with Gasteiger partial charge in [-0.15, -0.1) is 0 Å². The molecule has 1 heterocycles. The van der Waals surface area contributed by atoms with Crippen LogP contribution in [0.2, 0.25) is 0 Å². The lowest BCUT2D eigenvalue weighted by Gasteiger charge is -2.31. The molecule has 1 aliphatic carbocycles. The molecule has 1 aromatic rings. The van der Waals surface area contributed by atoms with Crippen LogP contribution < -0.4 is 0 Å². The molecule has 0 aromatic carbocycles. The van der Waals surface area contributed by atoms with Gasteiger partial charge in [0.15, 0.2) is 5.78 Å². The zero-order valence-electron chi connectivity index (χ0n) is 15.3. The molecule has 0 radical (unpaired) electrons. The average Bonchev–Trinajstić information content (AvgIpc) is 3.01. The molecule has 2 rings (SSSR count). The van der Waals surface area contributed by atoms with E-state index in [1.54, 1.807) is 0 Å². The highest BCUT2D eigenvalue weighted by atomic mass is 16.1. The molecule has 0 bridgehead atoms. The van der Waals surface area contributed by atoms with Gasteiger partial charge in [-0.25, -0.2) is 4.98 Å². The standard InChI is InChI=1S/C20H34N2O/c1-4-12-18-21-15-16-22(18)20(2,3)19(23)17-13-10-8-6-5-7-9-11-14-17/h15-17H,4-14H2,1-3H3. The Morgan fingerprint density at radius 3 is 2.26 bits per heavy atom. The van der Waals surface area contributed by atoms with Crippen molar-refractivity contribution >= 4 is 5.78 Å². The molecule has 1 saturated carbocycles. The number of carbonyl (C=O) groups is 1. The summed E-state index contributed by atoms with van der Waals surface area (Å²) in [7, 11) is 0. The molecule has 0 spiro atoms. The van der Waals surface area contributed by atoms with Crippen LogP contribution in [0.1, 0.15) is 90.8 Å². The summed E-state index contributed by atoms with van der Waals surface area (Å²) in [6, 6.07) is 0. The van der Waals surface area contributed by atoms with Gasteiger partial charge in [-0.3, -0.25) is 4.79 Å². The monoisotopic (exact) mass is 318 g/mol. The Labute approximate surface area is 141 Å². The van der Waals surface area contributed by atoms with Gasteiger partial charge >= 0.3 is 0 Å². The van der Waals surface area contributed by atoms with Crippen LogP contribution in [0.15, 0.2) is 12.4 Å². The molecule has 3 heteroatoms. The number of carbonyl (C=O) groups excluding carboxylic acids is 1. The molecule has 1 aliphatic rings. The first-order chi connectivity index (χ1) is 11.1. The molecule has 0 amide bonds. The second-order valence-corrected chi connectivity index (χ2v) is 7.64. The number of Topliss-reactive ketones (excluding diaryl/α,β-unsaturated/α-hetero) is 1. The van der Waals surface area contributed by atoms with Crippen molar-refractivity contribution in [2.75, 3.05) is 0 Å². The topological polar surface area (TPSA) is 34.9 Å². The van der Waals surface area contributed by atoms with E-state index in [0.29, 0.717) is 5.78 Å². The molecule has 0 atom stereocenters. The SMILES string of the molecule is CCCc1nccn1C(C)(C)C(=O)C1CCCCCCCCC1. The first kappa shape index (κ1) is 18.2. The third kappa shape index (κ3) is 4.68. The number of ketones is 1. The van der Waals surface area contributed by atoms with Crippen LogP contribution in [0.4, 0.5) is 0 Å². The Morgan fingerprint density at radius 2 is 1.70 bits per heavy atom. The fourth-order valence-corrected chi connectivity index (χ4v) is 3.94. The third-order valence-corrected chi connectivity index (χ3v) is 5.37. The summed E-state index contributed by atoms with van der Waals surface area (Å²) in [6.45, 7) is 6.32. The van der Waals surface area contributed by atoms with Crippen molar-refractivity contribution in [3.8, 4) is 0 Å². The first-order valence-electron chi connectivity index (χ1n) is 9.64. The summed E-state index contributed by atoms with van der Waals surface area (Å²) in [5.41, 5.74) is -0.476. The fraction of sp³-hybridized carbons (Fsp3) is 0.800. The van der Waals surface area contributed by atoms with E-state index in [4.69, 9.17) is 0 Å². The normalized spacial score (nSPS) is 18.7. The van der Waals surface area contributed by atoms with Gasteiger partial charge in [-0.05, 0) is 33.1 Å². The third-order valence-electron chi connectivity index (χ3n) is 5.37. The summed E-state index contributed by atoms with van der Waals surface area (Å²) in [4.78, 5) is 17.8. The first-order valence-corrected chi connectivity index (χ1v) is 9.64. The number of hydrogen-bond donors (Lipinski definition) is 0. The molecular formula is C20H34N2O. The Kier molecular flexibility index (Phi) is 6.86. The van der Waals surface area contributed by atoms with Crippen molar-refractivity contribution in [1.82, 2.24) is 9.55 Å². The van der Waals surface area contributed by atoms with Gasteiger partial charge in [0.25, 0.3) is 0 Å². The number of rotatable bonds is 5. The molecule has 1 aromatic heterocycles. The van der Waals surface area contributed by atoms with Gasteiger partial charge < -0.3 is 4.57 Å². The van der Waals surface area contributed by atoms with Crippen molar-refractivity contribution in [3.63, 3.8) is 0 Å². The Balaban J connectivity index is 2.12. The fourth-order valence-electron chi connectivity index (χ4n) is 3.94. The molecule has 0 aliphatic heterocycles. The second kappa shape index (κ2) is 8.65. The predicted molar refractivity (Wildman–Crippen MR) is 95.6 cm³/mol. The van der Waals surface area contributed by atoms with Gasteiger partial charge in [0.1, 0.15) is 5.82 Å². The maximum absolute atomic E-state index is 13.3. The number of aryl methyl sites for hydroxylation is 1. The van der Waals surface area contributed by atoms with Crippen molar-refractivity contribution in [1.29, 1.82) is 0 Å².